The van der Waals surface area contributed by atoms with Crippen LogP contribution >= 0.6 is 0 Å². The zero-order valence-corrected chi connectivity index (χ0v) is 6.95. The van der Waals surface area contributed by atoms with Crippen molar-refractivity contribution in [3.8, 4) is 0 Å². The first kappa shape index (κ1) is 8.34. The highest BCUT2D eigenvalue weighted by atomic mass is 16.5. The van der Waals surface area contributed by atoms with Crippen LogP contribution in [0, 0.1) is 5.92 Å². The minimum Gasteiger partial charge on any atom is -0.501 e. The van der Waals surface area contributed by atoms with Crippen molar-refractivity contribution in [2.75, 3.05) is 7.11 Å². The fourth-order valence-corrected chi connectivity index (χ4v) is 1.29. The van der Waals surface area contributed by atoms with Crippen molar-refractivity contribution in [2.24, 2.45) is 5.92 Å². The van der Waals surface area contributed by atoms with Gasteiger partial charge >= 0.3 is 0 Å². The first-order chi connectivity index (χ1) is 5.27. The highest BCUT2D eigenvalue weighted by Gasteiger charge is 2.23. The number of aliphatic hydroxyl groups excluding tert-OH is 1. The van der Waals surface area contributed by atoms with Gasteiger partial charge in [0.25, 0.3) is 0 Å². The fraction of sp³-hybridized carbons (Fsp3) is 0.556. The van der Waals surface area contributed by atoms with Crippen LogP contribution in [-0.2, 0) is 4.74 Å². The first-order valence-electron chi connectivity index (χ1n) is 3.83. The number of hydrogen-bond acceptors (Lipinski definition) is 2. The van der Waals surface area contributed by atoms with Gasteiger partial charge in [0.1, 0.15) is 0 Å². The van der Waals surface area contributed by atoms with Gasteiger partial charge in [-0.3, -0.25) is 0 Å². The quantitative estimate of drug-likeness (QED) is 0.610. The van der Waals surface area contributed by atoms with Crippen molar-refractivity contribution < 1.29 is 9.84 Å². The van der Waals surface area contributed by atoms with Gasteiger partial charge in [0.05, 0.1) is 19.0 Å². The Labute approximate surface area is 67.2 Å². The molecular formula is C9H14O2. The maximum atomic E-state index is 9.44. The second-order valence-electron chi connectivity index (χ2n) is 2.71. The van der Waals surface area contributed by atoms with Gasteiger partial charge in [-0.2, -0.15) is 0 Å². The van der Waals surface area contributed by atoms with Crippen LogP contribution in [0.4, 0.5) is 0 Å². The molecule has 0 bridgehead atoms. The molecule has 0 aliphatic heterocycles. The summed E-state index contributed by atoms with van der Waals surface area (Å²) in [6, 6.07) is 0. The first-order valence-corrected chi connectivity index (χ1v) is 3.83. The van der Waals surface area contributed by atoms with E-state index in [2.05, 4.69) is 0 Å². The lowest BCUT2D eigenvalue weighted by molar-refractivity contribution is 0.146. The summed E-state index contributed by atoms with van der Waals surface area (Å²) in [6.07, 6.45) is 6.25. The van der Waals surface area contributed by atoms with Crippen LogP contribution < -0.4 is 0 Å². The largest absolute Gasteiger partial charge is 0.501 e. The highest BCUT2D eigenvalue weighted by Crippen LogP contribution is 2.25. The highest BCUT2D eigenvalue weighted by molar-refractivity contribution is 5.14. The molecule has 2 heteroatoms. The van der Waals surface area contributed by atoms with Gasteiger partial charge in [-0.05, 0) is 13.0 Å². The molecular weight excluding hydrogens is 140 g/mol. The minimum atomic E-state index is -0.291. The Morgan fingerprint density at radius 2 is 2.45 bits per heavy atom. The molecule has 62 valence electrons. The Balaban J connectivity index is 2.60. The van der Waals surface area contributed by atoms with Crippen LogP contribution in [0.2, 0.25) is 0 Å². The molecule has 1 N–H and O–H groups in total. The van der Waals surface area contributed by atoms with E-state index in [-0.39, 0.29) is 12.0 Å². The summed E-state index contributed by atoms with van der Waals surface area (Å²) in [5.74, 6) is 1.04. The van der Waals surface area contributed by atoms with Gasteiger partial charge in [-0.15, -0.1) is 0 Å². The topological polar surface area (TPSA) is 29.5 Å². The number of hydrogen-bond donors (Lipinski definition) is 1. The van der Waals surface area contributed by atoms with Crippen LogP contribution in [0.15, 0.2) is 24.0 Å². The number of aliphatic hydroxyl groups is 1. The van der Waals surface area contributed by atoms with E-state index in [1.807, 2.05) is 25.2 Å². The van der Waals surface area contributed by atoms with Crippen LogP contribution in [0.1, 0.15) is 13.3 Å². The van der Waals surface area contributed by atoms with Crippen LogP contribution in [-0.4, -0.2) is 18.3 Å². The molecule has 0 spiro atoms. The van der Waals surface area contributed by atoms with Gasteiger partial charge in [-0.1, -0.05) is 12.2 Å². The van der Waals surface area contributed by atoms with Crippen LogP contribution in [0.3, 0.4) is 0 Å². The van der Waals surface area contributed by atoms with E-state index in [1.54, 1.807) is 7.11 Å². The standard InChI is InChI=1S/C9H14O2/c1-3-4-7-5-8(11-2)6-9(7)10/h3-5,7,9-10H,6H2,1-2H3/b4-3+. The summed E-state index contributed by atoms with van der Waals surface area (Å²) in [7, 11) is 1.64. The van der Waals surface area contributed by atoms with E-state index in [4.69, 9.17) is 4.74 Å². The summed E-state index contributed by atoms with van der Waals surface area (Å²) in [6.45, 7) is 1.95. The predicted molar refractivity (Wildman–Crippen MR) is 44.0 cm³/mol. The van der Waals surface area contributed by atoms with Gasteiger partial charge in [-0.25, -0.2) is 0 Å². The average Bonchev–Trinajstić information content (AvgIpc) is 2.33. The molecule has 0 radical (unpaired) electrons. The summed E-state index contributed by atoms with van der Waals surface area (Å²) < 4.78 is 5.03. The zero-order valence-electron chi connectivity index (χ0n) is 6.95. The average molecular weight is 154 g/mol. The van der Waals surface area contributed by atoms with Gasteiger partial charge in [0.15, 0.2) is 0 Å². The van der Waals surface area contributed by atoms with E-state index in [0.717, 1.165) is 5.76 Å². The third-order valence-corrected chi connectivity index (χ3v) is 1.91. The normalized spacial score (nSPS) is 31.0. The fourth-order valence-electron chi connectivity index (χ4n) is 1.29. The van der Waals surface area contributed by atoms with Gasteiger partial charge in [0, 0.05) is 12.3 Å². The molecule has 2 unspecified atom stereocenters. The van der Waals surface area contributed by atoms with Crippen molar-refractivity contribution >= 4 is 0 Å². The number of ether oxygens (including phenoxy) is 1. The maximum absolute atomic E-state index is 9.44. The molecule has 0 aromatic heterocycles. The lowest BCUT2D eigenvalue weighted by atomic mass is 10.1. The van der Waals surface area contributed by atoms with Crippen molar-refractivity contribution in [1.82, 2.24) is 0 Å². The second kappa shape index (κ2) is 3.58. The lowest BCUT2D eigenvalue weighted by Gasteiger charge is -2.06. The monoisotopic (exact) mass is 154 g/mol. The van der Waals surface area contributed by atoms with E-state index in [1.165, 1.54) is 0 Å². The molecule has 1 rings (SSSR count). The molecule has 0 aromatic rings. The maximum Gasteiger partial charge on any atom is 0.0948 e. The number of allylic oxidation sites excluding steroid dienone is 1. The zero-order chi connectivity index (χ0) is 8.27. The number of methoxy groups -OCH3 is 1. The smallest absolute Gasteiger partial charge is 0.0948 e. The number of rotatable bonds is 2. The lowest BCUT2D eigenvalue weighted by Crippen LogP contribution is -2.10. The molecule has 0 heterocycles. The molecule has 0 saturated carbocycles. The SMILES string of the molecule is C/C=C/C1C=C(OC)CC1O. The van der Waals surface area contributed by atoms with Crippen LogP contribution in [0.5, 0.6) is 0 Å². The Hall–Kier alpha value is -0.760. The molecule has 1 aliphatic rings. The van der Waals surface area contributed by atoms with Crippen molar-refractivity contribution in [2.45, 2.75) is 19.4 Å². The van der Waals surface area contributed by atoms with Crippen molar-refractivity contribution in [3.63, 3.8) is 0 Å². The Morgan fingerprint density at radius 3 is 2.91 bits per heavy atom. The predicted octanol–water partition coefficient (Wildman–Crippen LogP) is 1.47. The molecule has 0 aromatic carbocycles. The van der Waals surface area contributed by atoms with E-state index in [0.29, 0.717) is 6.42 Å². The summed E-state index contributed by atoms with van der Waals surface area (Å²) >= 11 is 0. The van der Waals surface area contributed by atoms with Gasteiger partial charge < -0.3 is 9.84 Å². The van der Waals surface area contributed by atoms with E-state index < -0.39 is 0 Å². The van der Waals surface area contributed by atoms with E-state index >= 15 is 0 Å². The Bertz CT molecular complexity index is 182. The van der Waals surface area contributed by atoms with E-state index in [9.17, 15) is 5.11 Å². The minimum absolute atomic E-state index is 0.148. The summed E-state index contributed by atoms with van der Waals surface area (Å²) in [5.41, 5.74) is 0. The molecule has 1 aliphatic carbocycles. The molecule has 11 heavy (non-hydrogen) atoms. The van der Waals surface area contributed by atoms with Crippen molar-refractivity contribution in [1.29, 1.82) is 0 Å². The third kappa shape index (κ3) is 1.84. The van der Waals surface area contributed by atoms with Gasteiger partial charge in [0.2, 0.25) is 0 Å². The Kier molecular flexibility index (Phi) is 2.71. The molecule has 2 nitrogen and oxygen atoms in total. The molecule has 0 amide bonds. The molecule has 0 saturated heterocycles. The summed E-state index contributed by atoms with van der Waals surface area (Å²) in [5, 5.41) is 9.44. The van der Waals surface area contributed by atoms with Crippen molar-refractivity contribution in [3.05, 3.63) is 24.0 Å². The summed E-state index contributed by atoms with van der Waals surface area (Å²) in [4.78, 5) is 0. The van der Waals surface area contributed by atoms with Crippen LogP contribution in [0.25, 0.3) is 0 Å². The third-order valence-electron chi connectivity index (χ3n) is 1.91. The Morgan fingerprint density at radius 1 is 1.73 bits per heavy atom. The molecule has 0 fully saturated rings. The second-order valence-corrected chi connectivity index (χ2v) is 2.71. The molecule has 2 atom stereocenters.